The number of ether oxygens (including phenoxy) is 1. The van der Waals surface area contributed by atoms with Gasteiger partial charge < -0.3 is 15.0 Å². The van der Waals surface area contributed by atoms with Crippen molar-refractivity contribution in [2.45, 2.75) is 32.0 Å². The average Bonchev–Trinajstić information content (AvgIpc) is 3.20. The van der Waals surface area contributed by atoms with E-state index in [1.54, 1.807) is 34.0 Å². The molecule has 4 rings (SSSR count). The zero-order chi connectivity index (χ0) is 21.6. The van der Waals surface area contributed by atoms with Gasteiger partial charge in [-0.25, -0.2) is 4.39 Å². The molecule has 1 atom stereocenters. The highest BCUT2D eigenvalue weighted by Crippen LogP contribution is 2.27. The minimum Gasteiger partial charge on any atom is -0.486 e. The van der Waals surface area contributed by atoms with Crippen LogP contribution in [-0.2, 0) is 13.1 Å². The van der Waals surface area contributed by atoms with E-state index in [0.717, 1.165) is 24.9 Å². The first-order valence-electron chi connectivity index (χ1n) is 10.6. The monoisotopic (exact) mass is 456 g/mol. The van der Waals surface area contributed by atoms with Crippen LogP contribution in [0.5, 0.6) is 5.75 Å². The average molecular weight is 457 g/mol. The number of nitrogens with zero attached hydrogens (tertiary/aromatic N) is 3. The number of carbonyl (C=O) groups excluding carboxylic acids is 1. The largest absolute Gasteiger partial charge is 0.486 e. The summed E-state index contributed by atoms with van der Waals surface area (Å²) in [6.45, 7) is 2.26. The van der Waals surface area contributed by atoms with E-state index < -0.39 is 0 Å². The van der Waals surface area contributed by atoms with Crippen LogP contribution in [0, 0.1) is 5.82 Å². The maximum atomic E-state index is 14.9. The number of benzene rings is 2. The number of hydrogen-bond donors (Lipinski definition) is 1. The number of hydrogen-bond acceptors (Lipinski definition) is 4. The molecule has 2 heterocycles. The second-order valence-electron chi connectivity index (χ2n) is 7.68. The molecular formula is C24H29FN4O2S. The molecule has 1 amide bonds. The lowest BCUT2D eigenvalue weighted by atomic mass is 10.1. The Morgan fingerprint density at radius 2 is 1.97 bits per heavy atom. The Hall–Kier alpha value is -2.84. The SMILES string of the molecule is CNCC[C@H](Oc1ccc(CN2CCCn3nccc3C2=O)c(F)c1)c1ccccc1.S. The number of halogens is 1. The van der Waals surface area contributed by atoms with Gasteiger partial charge >= 0.3 is 0 Å². The summed E-state index contributed by atoms with van der Waals surface area (Å²) < 4.78 is 22.8. The maximum absolute atomic E-state index is 14.9. The zero-order valence-corrected chi connectivity index (χ0v) is 19.1. The molecule has 0 aliphatic carbocycles. The number of fused-ring (bicyclic) bond motifs is 1. The molecule has 0 saturated carbocycles. The lowest BCUT2D eigenvalue weighted by molar-refractivity contribution is 0.0744. The fraction of sp³-hybridized carbons (Fsp3) is 0.333. The van der Waals surface area contributed by atoms with Crippen LogP contribution >= 0.6 is 13.5 Å². The number of carbonyl (C=O) groups is 1. The number of aromatic nitrogens is 2. The van der Waals surface area contributed by atoms with Gasteiger partial charge in [0.25, 0.3) is 5.91 Å². The van der Waals surface area contributed by atoms with Gasteiger partial charge in [0.1, 0.15) is 23.4 Å². The molecule has 1 aromatic heterocycles. The highest BCUT2D eigenvalue weighted by molar-refractivity contribution is 7.59. The Bertz CT molecular complexity index is 1030. The molecule has 1 aliphatic heterocycles. The standard InChI is InChI=1S/C24H27FN4O2.H2S/c1-26-12-11-23(18-6-3-2-4-7-18)31-20-9-8-19(21(25)16-20)17-28-14-5-15-29-22(24(28)30)10-13-27-29;/h2-4,6-10,13,16,23,26H,5,11-12,14-15,17H2,1H3;1H2/t23-;/m0./s1. The molecule has 3 aromatic rings. The van der Waals surface area contributed by atoms with Crippen LogP contribution in [-0.4, -0.2) is 40.7 Å². The highest BCUT2D eigenvalue weighted by Gasteiger charge is 2.24. The smallest absolute Gasteiger partial charge is 0.272 e. The van der Waals surface area contributed by atoms with E-state index in [2.05, 4.69) is 10.4 Å². The van der Waals surface area contributed by atoms with Gasteiger partial charge in [-0.05, 0) is 37.7 Å². The van der Waals surface area contributed by atoms with Gasteiger partial charge in [-0.1, -0.05) is 36.4 Å². The van der Waals surface area contributed by atoms with E-state index in [-0.39, 0.29) is 37.9 Å². The fourth-order valence-corrected chi connectivity index (χ4v) is 3.85. The van der Waals surface area contributed by atoms with Crippen molar-refractivity contribution in [1.82, 2.24) is 20.0 Å². The summed E-state index contributed by atoms with van der Waals surface area (Å²) in [5, 5.41) is 7.32. The van der Waals surface area contributed by atoms with Gasteiger partial charge in [0, 0.05) is 43.9 Å². The lowest BCUT2D eigenvalue weighted by Gasteiger charge is -2.22. The molecule has 1 N–H and O–H groups in total. The maximum Gasteiger partial charge on any atom is 0.272 e. The summed E-state index contributed by atoms with van der Waals surface area (Å²) in [4.78, 5) is 14.5. The summed E-state index contributed by atoms with van der Waals surface area (Å²) >= 11 is 0. The van der Waals surface area contributed by atoms with E-state index in [1.807, 2.05) is 37.4 Å². The number of aryl methyl sites for hydroxylation is 1. The molecule has 170 valence electrons. The molecule has 0 radical (unpaired) electrons. The lowest BCUT2D eigenvalue weighted by Crippen LogP contribution is -2.31. The van der Waals surface area contributed by atoms with E-state index in [9.17, 15) is 9.18 Å². The molecule has 0 saturated heterocycles. The third-order valence-corrected chi connectivity index (χ3v) is 5.51. The first kappa shape index (κ1) is 23.8. The van der Waals surface area contributed by atoms with Crippen molar-refractivity contribution < 1.29 is 13.9 Å². The van der Waals surface area contributed by atoms with Crippen LogP contribution in [0.25, 0.3) is 0 Å². The molecule has 8 heteroatoms. The van der Waals surface area contributed by atoms with Gasteiger partial charge in [0.2, 0.25) is 0 Å². The third-order valence-electron chi connectivity index (χ3n) is 5.51. The summed E-state index contributed by atoms with van der Waals surface area (Å²) in [6, 6.07) is 16.5. The first-order valence-corrected chi connectivity index (χ1v) is 10.6. The van der Waals surface area contributed by atoms with Crippen LogP contribution in [0.4, 0.5) is 4.39 Å². The molecule has 0 unspecified atom stereocenters. The Morgan fingerprint density at radius 3 is 2.72 bits per heavy atom. The fourth-order valence-electron chi connectivity index (χ4n) is 3.85. The third kappa shape index (κ3) is 5.49. The van der Waals surface area contributed by atoms with Crippen molar-refractivity contribution in [2.75, 3.05) is 20.1 Å². The predicted molar refractivity (Wildman–Crippen MR) is 127 cm³/mol. The Kier molecular flexibility index (Phi) is 8.30. The quantitative estimate of drug-likeness (QED) is 0.558. The van der Waals surface area contributed by atoms with Gasteiger partial charge in [-0.15, -0.1) is 0 Å². The molecule has 0 spiro atoms. The summed E-state index contributed by atoms with van der Waals surface area (Å²) in [6.07, 6.45) is 3.00. The van der Waals surface area contributed by atoms with Crippen molar-refractivity contribution in [3.8, 4) is 5.75 Å². The van der Waals surface area contributed by atoms with Crippen molar-refractivity contribution in [1.29, 1.82) is 0 Å². The first-order chi connectivity index (χ1) is 15.2. The van der Waals surface area contributed by atoms with Crippen LogP contribution in [0.3, 0.4) is 0 Å². The van der Waals surface area contributed by atoms with Gasteiger partial charge in [-0.3, -0.25) is 9.48 Å². The van der Waals surface area contributed by atoms with E-state index in [4.69, 9.17) is 4.74 Å². The van der Waals surface area contributed by atoms with E-state index >= 15 is 0 Å². The van der Waals surface area contributed by atoms with Gasteiger partial charge in [-0.2, -0.15) is 18.6 Å². The second kappa shape index (κ2) is 11.2. The molecule has 0 fully saturated rings. The molecule has 2 aromatic carbocycles. The Labute approximate surface area is 194 Å². The van der Waals surface area contributed by atoms with E-state index in [1.165, 1.54) is 6.07 Å². The molecule has 6 nitrogen and oxygen atoms in total. The van der Waals surface area contributed by atoms with Crippen molar-refractivity contribution in [3.63, 3.8) is 0 Å². The number of amides is 1. The molecule has 1 aliphatic rings. The molecule has 32 heavy (non-hydrogen) atoms. The van der Waals surface area contributed by atoms with Crippen LogP contribution in [0.15, 0.2) is 60.8 Å². The minimum absolute atomic E-state index is 0. The van der Waals surface area contributed by atoms with Crippen molar-refractivity contribution >= 4 is 19.4 Å². The summed E-state index contributed by atoms with van der Waals surface area (Å²) in [5.41, 5.74) is 2.07. The van der Waals surface area contributed by atoms with Crippen molar-refractivity contribution in [2.24, 2.45) is 0 Å². The van der Waals surface area contributed by atoms with Crippen molar-refractivity contribution in [3.05, 3.63) is 83.4 Å². The highest BCUT2D eigenvalue weighted by atomic mass is 32.1. The Balaban J connectivity index is 0.00000289. The normalized spacial score (nSPS) is 14.3. The predicted octanol–water partition coefficient (Wildman–Crippen LogP) is 3.91. The van der Waals surface area contributed by atoms with Gasteiger partial charge in [0.15, 0.2) is 0 Å². The Morgan fingerprint density at radius 1 is 1.16 bits per heavy atom. The summed E-state index contributed by atoms with van der Waals surface area (Å²) in [7, 11) is 1.90. The second-order valence-corrected chi connectivity index (χ2v) is 7.68. The summed E-state index contributed by atoms with van der Waals surface area (Å²) in [5.74, 6) is -0.0131. The van der Waals surface area contributed by atoms with Crippen LogP contribution in [0.1, 0.15) is 40.6 Å². The zero-order valence-electron chi connectivity index (χ0n) is 18.1. The van der Waals surface area contributed by atoms with E-state index in [0.29, 0.717) is 30.1 Å². The van der Waals surface area contributed by atoms with Crippen LogP contribution in [0.2, 0.25) is 0 Å². The topological polar surface area (TPSA) is 59.4 Å². The minimum atomic E-state index is -0.372. The number of rotatable bonds is 8. The molecular weight excluding hydrogens is 427 g/mol. The molecule has 0 bridgehead atoms. The number of nitrogens with one attached hydrogen (secondary N) is 1. The van der Waals surface area contributed by atoms with Gasteiger partial charge in [0.05, 0.1) is 0 Å². The van der Waals surface area contributed by atoms with Crippen LogP contribution < -0.4 is 10.1 Å².